The first-order valence-corrected chi connectivity index (χ1v) is 10.1. The third kappa shape index (κ3) is 5.11. The summed E-state index contributed by atoms with van der Waals surface area (Å²) in [5.41, 5.74) is 1.14. The summed E-state index contributed by atoms with van der Waals surface area (Å²) in [4.78, 5) is 0. The van der Waals surface area contributed by atoms with Crippen molar-refractivity contribution in [2.45, 2.75) is 6.61 Å². The predicted octanol–water partition coefficient (Wildman–Crippen LogP) is 6.29. The largest absolute Gasteiger partial charge is 0.497 e. The highest BCUT2D eigenvalue weighted by Gasteiger charge is 2.11. The van der Waals surface area contributed by atoms with Crippen LogP contribution >= 0.6 is 23.2 Å². The number of rotatable bonds is 7. The lowest BCUT2D eigenvalue weighted by molar-refractivity contribution is 0.263. The number of hydrogen-bond acceptors (Lipinski definition) is 7. The molecule has 0 aliphatic carbocycles. The number of nitriles is 1. The van der Waals surface area contributed by atoms with Crippen molar-refractivity contribution in [3.05, 3.63) is 82.2 Å². The molecule has 0 radical (unpaired) electrons. The number of hydrogen-bond donors (Lipinski definition) is 0. The lowest BCUT2D eigenvalue weighted by Crippen LogP contribution is -1.96. The standard InChI is InChI=1S/C23H15Cl2N3O4/c1-29-17-4-2-15(3-5-17)23-28-27-22(32-23)13-30-18-6-7-20(25)21(11-18)31-19-9-14(12-26)8-16(24)10-19/h2-11H,13H2,1H3. The Bertz CT molecular complexity index is 1280. The summed E-state index contributed by atoms with van der Waals surface area (Å²) in [7, 11) is 1.60. The minimum Gasteiger partial charge on any atom is -0.497 e. The van der Waals surface area contributed by atoms with Gasteiger partial charge >= 0.3 is 0 Å². The van der Waals surface area contributed by atoms with Crippen LogP contribution in [0.1, 0.15) is 11.5 Å². The zero-order valence-corrected chi connectivity index (χ0v) is 18.2. The van der Waals surface area contributed by atoms with Crippen molar-refractivity contribution in [2.24, 2.45) is 0 Å². The van der Waals surface area contributed by atoms with E-state index in [9.17, 15) is 0 Å². The van der Waals surface area contributed by atoms with E-state index in [0.29, 0.717) is 44.6 Å². The molecule has 32 heavy (non-hydrogen) atoms. The molecular weight excluding hydrogens is 453 g/mol. The van der Waals surface area contributed by atoms with E-state index >= 15 is 0 Å². The molecule has 0 saturated heterocycles. The lowest BCUT2D eigenvalue weighted by atomic mass is 10.2. The van der Waals surface area contributed by atoms with Crippen molar-refractivity contribution in [3.63, 3.8) is 0 Å². The van der Waals surface area contributed by atoms with Gasteiger partial charge in [0, 0.05) is 16.7 Å². The summed E-state index contributed by atoms with van der Waals surface area (Å²) >= 11 is 12.3. The van der Waals surface area contributed by atoms with Crippen molar-refractivity contribution in [1.82, 2.24) is 10.2 Å². The van der Waals surface area contributed by atoms with E-state index < -0.39 is 0 Å². The second kappa shape index (κ2) is 9.60. The second-order valence-corrected chi connectivity index (χ2v) is 7.34. The van der Waals surface area contributed by atoms with Gasteiger partial charge in [-0.1, -0.05) is 23.2 Å². The van der Waals surface area contributed by atoms with Gasteiger partial charge in [0.25, 0.3) is 5.89 Å². The minimum atomic E-state index is 0.0555. The molecule has 7 nitrogen and oxygen atoms in total. The fourth-order valence-corrected chi connectivity index (χ4v) is 3.15. The van der Waals surface area contributed by atoms with E-state index in [2.05, 4.69) is 10.2 Å². The molecule has 0 aliphatic heterocycles. The minimum absolute atomic E-state index is 0.0555. The van der Waals surface area contributed by atoms with Crippen LogP contribution in [0.15, 0.2) is 65.1 Å². The SMILES string of the molecule is COc1ccc(-c2nnc(COc3ccc(Cl)c(Oc4cc(Cl)cc(C#N)c4)c3)o2)cc1. The van der Waals surface area contributed by atoms with Crippen LogP contribution in [0, 0.1) is 11.3 Å². The second-order valence-electron chi connectivity index (χ2n) is 6.50. The first-order valence-electron chi connectivity index (χ1n) is 9.32. The predicted molar refractivity (Wildman–Crippen MR) is 118 cm³/mol. The van der Waals surface area contributed by atoms with Crippen molar-refractivity contribution < 1.29 is 18.6 Å². The molecule has 1 aromatic heterocycles. The van der Waals surface area contributed by atoms with Crippen molar-refractivity contribution >= 4 is 23.2 Å². The molecule has 9 heteroatoms. The molecule has 0 spiro atoms. The fourth-order valence-electron chi connectivity index (χ4n) is 2.77. The van der Waals surface area contributed by atoms with Crippen LogP contribution in [-0.4, -0.2) is 17.3 Å². The van der Waals surface area contributed by atoms with Crippen LogP contribution in [0.2, 0.25) is 10.0 Å². The van der Waals surface area contributed by atoms with E-state index in [4.69, 9.17) is 47.1 Å². The monoisotopic (exact) mass is 467 g/mol. The molecule has 0 atom stereocenters. The molecule has 3 aromatic carbocycles. The van der Waals surface area contributed by atoms with Gasteiger partial charge in [0.15, 0.2) is 6.61 Å². The molecule has 0 unspecified atom stereocenters. The molecule has 0 saturated carbocycles. The highest BCUT2D eigenvalue weighted by Crippen LogP contribution is 2.34. The molecule has 4 aromatic rings. The van der Waals surface area contributed by atoms with E-state index in [1.54, 1.807) is 43.5 Å². The van der Waals surface area contributed by atoms with Gasteiger partial charge in [0.1, 0.15) is 23.0 Å². The van der Waals surface area contributed by atoms with E-state index in [0.717, 1.165) is 11.3 Å². The zero-order valence-electron chi connectivity index (χ0n) is 16.7. The molecule has 0 bridgehead atoms. The van der Waals surface area contributed by atoms with Gasteiger partial charge in [-0.15, -0.1) is 10.2 Å². The summed E-state index contributed by atoms with van der Waals surface area (Å²) in [6, 6.07) is 18.9. The molecule has 0 amide bonds. The summed E-state index contributed by atoms with van der Waals surface area (Å²) < 4.78 is 22.3. The Labute approximate surface area is 193 Å². The van der Waals surface area contributed by atoms with Crippen LogP contribution in [-0.2, 0) is 6.61 Å². The summed E-state index contributed by atoms with van der Waals surface area (Å²) in [6.07, 6.45) is 0. The van der Waals surface area contributed by atoms with Gasteiger partial charge in [-0.3, -0.25) is 0 Å². The summed E-state index contributed by atoms with van der Waals surface area (Å²) in [5.74, 6) is 2.63. The normalized spacial score (nSPS) is 10.4. The first kappa shape index (κ1) is 21.5. The number of halogens is 2. The van der Waals surface area contributed by atoms with Crippen molar-refractivity contribution in [2.75, 3.05) is 7.11 Å². The molecular formula is C23H15Cl2N3O4. The number of aromatic nitrogens is 2. The maximum Gasteiger partial charge on any atom is 0.254 e. The summed E-state index contributed by atoms with van der Waals surface area (Å²) in [6.45, 7) is 0.0555. The van der Waals surface area contributed by atoms with Crippen molar-refractivity contribution in [3.8, 4) is 40.5 Å². The molecule has 0 fully saturated rings. The molecule has 4 rings (SSSR count). The average Bonchev–Trinajstić information content (AvgIpc) is 3.28. The number of nitrogens with zero attached hydrogens (tertiary/aromatic N) is 3. The number of ether oxygens (including phenoxy) is 3. The van der Waals surface area contributed by atoms with Gasteiger partial charge in [-0.05, 0) is 54.6 Å². The van der Waals surface area contributed by atoms with Gasteiger partial charge in [-0.25, -0.2) is 0 Å². The van der Waals surface area contributed by atoms with Crippen LogP contribution < -0.4 is 14.2 Å². The summed E-state index contributed by atoms with van der Waals surface area (Å²) in [5, 5.41) is 17.9. The number of benzene rings is 3. The Hall–Kier alpha value is -3.73. The van der Waals surface area contributed by atoms with E-state index in [-0.39, 0.29) is 6.61 Å². The highest BCUT2D eigenvalue weighted by molar-refractivity contribution is 6.32. The smallest absolute Gasteiger partial charge is 0.254 e. The lowest BCUT2D eigenvalue weighted by Gasteiger charge is -2.10. The van der Waals surface area contributed by atoms with Crippen LogP contribution in [0.4, 0.5) is 0 Å². The van der Waals surface area contributed by atoms with Crippen LogP contribution in [0.5, 0.6) is 23.0 Å². The molecule has 160 valence electrons. The topological polar surface area (TPSA) is 90.4 Å². The quantitative estimate of drug-likeness (QED) is 0.315. The molecule has 0 aliphatic rings. The van der Waals surface area contributed by atoms with Gasteiger partial charge < -0.3 is 18.6 Å². The maximum atomic E-state index is 9.09. The van der Waals surface area contributed by atoms with Crippen LogP contribution in [0.25, 0.3) is 11.5 Å². The third-order valence-electron chi connectivity index (χ3n) is 4.30. The Balaban J connectivity index is 1.45. The van der Waals surface area contributed by atoms with Gasteiger partial charge in [0.05, 0.1) is 23.8 Å². The highest BCUT2D eigenvalue weighted by atomic mass is 35.5. The Morgan fingerprint density at radius 2 is 1.72 bits per heavy atom. The van der Waals surface area contributed by atoms with E-state index in [1.807, 2.05) is 30.3 Å². The fraction of sp³-hybridized carbons (Fsp3) is 0.0870. The van der Waals surface area contributed by atoms with Gasteiger partial charge in [0.2, 0.25) is 5.89 Å². The van der Waals surface area contributed by atoms with Gasteiger partial charge in [-0.2, -0.15) is 5.26 Å². The van der Waals surface area contributed by atoms with Crippen LogP contribution in [0.3, 0.4) is 0 Å². The zero-order chi connectivity index (χ0) is 22.5. The average molecular weight is 468 g/mol. The Kier molecular flexibility index (Phi) is 6.45. The molecule has 1 heterocycles. The maximum absolute atomic E-state index is 9.09. The Morgan fingerprint density at radius 1 is 0.938 bits per heavy atom. The van der Waals surface area contributed by atoms with Crippen molar-refractivity contribution in [1.29, 1.82) is 5.26 Å². The third-order valence-corrected chi connectivity index (χ3v) is 4.83. The first-order chi connectivity index (χ1) is 15.5. The number of methoxy groups -OCH3 is 1. The molecule has 0 N–H and O–H groups in total. The van der Waals surface area contributed by atoms with E-state index in [1.165, 1.54) is 0 Å². The Morgan fingerprint density at radius 3 is 2.47 bits per heavy atom.